The molecule has 0 aliphatic carbocycles. The fourth-order valence-electron chi connectivity index (χ4n) is 0.579. The number of nitrogens with one attached hydrogen (secondary N) is 1. The van der Waals surface area contributed by atoms with Crippen LogP contribution in [-0.4, -0.2) is 29.2 Å². The lowest BCUT2D eigenvalue weighted by Crippen LogP contribution is -2.29. The lowest BCUT2D eigenvalue weighted by atomic mass is 10.8. The molecular formula is C6H14ClNO4SSi. The van der Waals surface area contributed by atoms with Gasteiger partial charge in [-0.1, -0.05) is 19.6 Å². The molecule has 0 bridgehead atoms. The maximum absolute atomic E-state index is 10.8. The van der Waals surface area contributed by atoms with Gasteiger partial charge in [-0.15, -0.1) is 0 Å². The molecule has 0 atom stereocenters. The molecule has 0 spiro atoms. The van der Waals surface area contributed by atoms with E-state index in [2.05, 4.69) is 24.4 Å². The number of carbonyl (C=O) groups excluding carboxylic acids is 1. The van der Waals surface area contributed by atoms with Crippen molar-refractivity contribution in [2.75, 3.05) is 6.61 Å². The molecule has 1 amide bonds. The summed E-state index contributed by atoms with van der Waals surface area (Å²) in [5.74, 6) is 0. The topological polar surface area (TPSA) is 72.5 Å². The number of hydrogen-bond acceptors (Lipinski definition) is 4. The van der Waals surface area contributed by atoms with Crippen LogP contribution in [0.2, 0.25) is 25.7 Å². The number of halogens is 1. The van der Waals surface area contributed by atoms with Crippen LogP contribution in [0.5, 0.6) is 0 Å². The zero-order chi connectivity index (χ0) is 11.4. The molecule has 0 aromatic carbocycles. The van der Waals surface area contributed by atoms with Crippen molar-refractivity contribution in [1.29, 1.82) is 0 Å². The Morgan fingerprint density at radius 3 is 2.29 bits per heavy atom. The lowest BCUT2D eigenvalue weighted by molar-refractivity contribution is 0.158. The van der Waals surface area contributed by atoms with Crippen molar-refractivity contribution >= 4 is 34.1 Å². The van der Waals surface area contributed by atoms with Gasteiger partial charge in [0.25, 0.3) is 0 Å². The van der Waals surface area contributed by atoms with Crippen molar-refractivity contribution in [3.8, 4) is 0 Å². The zero-order valence-electron chi connectivity index (χ0n) is 8.33. The minimum Gasteiger partial charge on any atom is -0.449 e. The van der Waals surface area contributed by atoms with Crippen LogP contribution in [-0.2, 0) is 14.0 Å². The van der Waals surface area contributed by atoms with Gasteiger partial charge in [-0.05, 0) is 6.04 Å². The fraction of sp³-hybridized carbons (Fsp3) is 0.833. The third kappa shape index (κ3) is 9.81. The molecular weight excluding hydrogens is 246 g/mol. The highest BCUT2D eigenvalue weighted by molar-refractivity contribution is 8.12. The Morgan fingerprint density at radius 1 is 1.43 bits per heavy atom. The molecule has 0 fully saturated rings. The minimum absolute atomic E-state index is 0.216. The van der Waals surface area contributed by atoms with Gasteiger partial charge >= 0.3 is 15.3 Å². The SMILES string of the molecule is C[Si](C)(C)CCOC(=O)NS(=O)(=O)Cl. The molecule has 0 unspecified atom stereocenters. The van der Waals surface area contributed by atoms with Gasteiger partial charge in [-0.25, -0.2) is 9.52 Å². The molecule has 8 heteroatoms. The van der Waals surface area contributed by atoms with E-state index in [1.165, 1.54) is 4.72 Å². The summed E-state index contributed by atoms with van der Waals surface area (Å²) in [7, 11) is -0.535. The van der Waals surface area contributed by atoms with Crippen molar-refractivity contribution in [3.05, 3.63) is 0 Å². The quantitative estimate of drug-likeness (QED) is 0.614. The molecule has 0 aromatic rings. The molecule has 84 valence electrons. The van der Waals surface area contributed by atoms with Crippen LogP contribution >= 0.6 is 10.7 Å². The standard InChI is InChI=1S/C6H14ClNO4SSi/c1-14(2,3)5-4-12-6(9)8-13(7,10)11/h4-5H2,1-3H3,(H,8,9). The van der Waals surface area contributed by atoms with Gasteiger partial charge in [-0.3, -0.25) is 0 Å². The van der Waals surface area contributed by atoms with E-state index in [1.807, 2.05) is 0 Å². The number of amides is 1. The zero-order valence-corrected chi connectivity index (χ0v) is 10.9. The van der Waals surface area contributed by atoms with Crippen LogP contribution < -0.4 is 4.72 Å². The Labute approximate surface area is 89.3 Å². The number of hydrogen-bond donors (Lipinski definition) is 1. The summed E-state index contributed by atoms with van der Waals surface area (Å²) in [6, 6.07) is 0.781. The van der Waals surface area contributed by atoms with E-state index < -0.39 is 23.4 Å². The number of rotatable bonds is 4. The lowest BCUT2D eigenvalue weighted by Gasteiger charge is -2.14. The Kier molecular flexibility index (Phi) is 4.89. The Hall–Kier alpha value is -0.273. The van der Waals surface area contributed by atoms with Crippen molar-refractivity contribution in [2.24, 2.45) is 0 Å². The minimum atomic E-state index is -4.03. The van der Waals surface area contributed by atoms with E-state index in [-0.39, 0.29) is 6.61 Å². The third-order valence-corrected chi connectivity index (χ3v) is 3.64. The van der Waals surface area contributed by atoms with Gasteiger partial charge in [-0.2, -0.15) is 8.42 Å². The number of carbonyl (C=O) groups is 1. The maximum atomic E-state index is 10.8. The smallest absolute Gasteiger partial charge is 0.421 e. The second-order valence-electron chi connectivity index (χ2n) is 3.99. The highest BCUT2D eigenvalue weighted by Gasteiger charge is 2.15. The van der Waals surface area contributed by atoms with Crippen LogP contribution in [0.3, 0.4) is 0 Å². The Morgan fingerprint density at radius 2 is 1.93 bits per heavy atom. The Bertz CT molecular complexity index is 297. The van der Waals surface area contributed by atoms with E-state index in [9.17, 15) is 13.2 Å². The molecule has 0 saturated heterocycles. The third-order valence-electron chi connectivity index (χ3n) is 1.29. The molecule has 0 heterocycles. The maximum Gasteiger partial charge on any atom is 0.421 e. The van der Waals surface area contributed by atoms with Gasteiger partial charge in [0.15, 0.2) is 0 Å². The molecule has 0 rings (SSSR count). The van der Waals surface area contributed by atoms with Gasteiger partial charge in [0.1, 0.15) is 0 Å². The molecule has 0 aliphatic heterocycles. The van der Waals surface area contributed by atoms with E-state index in [1.54, 1.807) is 0 Å². The summed E-state index contributed by atoms with van der Waals surface area (Å²) in [5.41, 5.74) is 0. The van der Waals surface area contributed by atoms with Crippen LogP contribution in [0, 0.1) is 0 Å². The first-order valence-electron chi connectivity index (χ1n) is 3.99. The fourth-order valence-corrected chi connectivity index (χ4v) is 1.74. The van der Waals surface area contributed by atoms with Gasteiger partial charge in [0.05, 0.1) is 6.61 Å². The van der Waals surface area contributed by atoms with Gasteiger partial charge < -0.3 is 4.74 Å². The molecule has 0 radical (unpaired) electrons. The average molecular weight is 260 g/mol. The normalized spacial score (nSPS) is 12.3. The highest BCUT2D eigenvalue weighted by Crippen LogP contribution is 2.07. The van der Waals surface area contributed by atoms with Crippen molar-refractivity contribution in [3.63, 3.8) is 0 Å². The average Bonchev–Trinajstić information content (AvgIpc) is 1.78. The molecule has 0 saturated carbocycles. The Balaban J connectivity index is 3.77. The van der Waals surface area contributed by atoms with Crippen LogP contribution in [0.4, 0.5) is 4.79 Å². The molecule has 14 heavy (non-hydrogen) atoms. The van der Waals surface area contributed by atoms with E-state index in [0.717, 1.165) is 6.04 Å². The first-order chi connectivity index (χ1) is 6.10. The molecule has 1 N–H and O–H groups in total. The summed E-state index contributed by atoms with van der Waals surface area (Å²) in [6.07, 6.45) is -1.03. The molecule has 0 aliphatic rings. The van der Waals surface area contributed by atoms with Gasteiger partial charge in [0, 0.05) is 18.8 Å². The van der Waals surface area contributed by atoms with Crippen molar-refractivity contribution < 1.29 is 17.9 Å². The van der Waals surface area contributed by atoms with Crippen molar-refractivity contribution in [1.82, 2.24) is 4.72 Å². The summed E-state index contributed by atoms with van der Waals surface area (Å²) in [5, 5.41) is 0. The first kappa shape index (κ1) is 13.7. The first-order valence-corrected chi connectivity index (χ1v) is 10.0. The second-order valence-corrected chi connectivity index (χ2v) is 11.9. The summed E-state index contributed by atoms with van der Waals surface area (Å²) in [4.78, 5) is 10.8. The van der Waals surface area contributed by atoms with Crippen LogP contribution in [0.15, 0.2) is 0 Å². The monoisotopic (exact) mass is 259 g/mol. The van der Waals surface area contributed by atoms with E-state index in [0.29, 0.717) is 0 Å². The predicted octanol–water partition coefficient (Wildman–Crippen LogP) is 1.53. The van der Waals surface area contributed by atoms with Crippen LogP contribution in [0.1, 0.15) is 0 Å². The van der Waals surface area contributed by atoms with Crippen molar-refractivity contribution in [2.45, 2.75) is 25.7 Å². The van der Waals surface area contributed by atoms with Crippen LogP contribution in [0.25, 0.3) is 0 Å². The van der Waals surface area contributed by atoms with Gasteiger partial charge in [0.2, 0.25) is 0 Å². The second kappa shape index (κ2) is 4.99. The summed E-state index contributed by atoms with van der Waals surface area (Å²) in [6.45, 7) is 6.57. The molecule has 0 aromatic heterocycles. The summed E-state index contributed by atoms with van der Waals surface area (Å²) < 4.78 is 26.8. The summed E-state index contributed by atoms with van der Waals surface area (Å²) >= 11 is 0. The largest absolute Gasteiger partial charge is 0.449 e. The molecule has 5 nitrogen and oxygen atoms in total. The predicted molar refractivity (Wildman–Crippen MR) is 57.4 cm³/mol. The number of ether oxygens (including phenoxy) is 1. The van der Waals surface area contributed by atoms with E-state index >= 15 is 0 Å². The highest BCUT2D eigenvalue weighted by atomic mass is 35.7. The van der Waals surface area contributed by atoms with E-state index in [4.69, 9.17) is 10.7 Å².